The van der Waals surface area contributed by atoms with E-state index in [1.54, 1.807) is 0 Å². The largest absolute Gasteiger partial charge is 0.454 e. The maximum absolute atomic E-state index is 5.63. The number of hydrogen-bond acceptors (Lipinski definition) is 7. The molecule has 7 nitrogen and oxygen atoms in total. The molecule has 0 fully saturated rings. The highest BCUT2D eigenvalue weighted by Gasteiger charge is 2.15. The topological polar surface area (TPSA) is 93.3 Å². The number of fused-ring (bicyclic) bond motifs is 1. The number of nitrogens with one attached hydrogen (secondary N) is 2. The van der Waals surface area contributed by atoms with Crippen LogP contribution in [-0.2, 0) is 0 Å². The standard InChI is InChI=1S/C11H13N5O2/c1-6-13-10(12)16-11(14-6)15-7-2-3-8-9(4-7)18-5-17-8/h2-4,6H,5H2,1H3,(H4,12,13,14,15,16). The van der Waals surface area contributed by atoms with Crippen molar-refractivity contribution in [1.82, 2.24) is 5.32 Å². The van der Waals surface area contributed by atoms with Crippen LogP contribution in [0, 0.1) is 0 Å². The first-order valence-corrected chi connectivity index (χ1v) is 5.55. The summed E-state index contributed by atoms with van der Waals surface area (Å²) in [5, 5.41) is 5.97. The molecule has 1 atom stereocenters. The van der Waals surface area contributed by atoms with Gasteiger partial charge in [0.1, 0.15) is 6.17 Å². The first kappa shape index (κ1) is 10.7. The van der Waals surface area contributed by atoms with E-state index in [9.17, 15) is 0 Å². The number of anilines is 1. The highest BCUT2D eigenvalue weighted by atomic mass is 16.7. The van der Waals surface area contributed by atoms with Crippen molar-refractivity contribution in [2.45, 2.75) is 13.1 Å². The Balaban J connectivity index is 1.77. The average molecular weight is 247 g/mol. The summed E-state index contributed by atoms with van der Waals surface area (Å²) in [6.45, 7) is 2.11. The van der Waals surface area contributed by atoms with E-state index in [-0.39, 0.29) is 13.0 Å². The fourth-order valence-corrected chi connectivity index (χ4v) is 1.78. The molecule has 2 aliphatic heterocycles. The Morgan fingerprint density at radius 1 is 1.33 bits per heavy atom. The molecule has 94 valence electrons. The number of hydrogen-bond donors (Lipinski definition) is 3. The quantitative estimate of drug-likeness (QED) is 0.670. The van der Waals surface area contributed by atoms with Gasteiger partial charge in [-0.2, -0.15) is 0 Å². The fourth-order valence-electron chi connectivity index (χ4n) is 1.78. The number of ether oxygens (including phenoxy) is 2. The van der Waals surface area contributed by atoms with Crippen molar-refractivity contribution in [3.8, 4) is 11.5 Å². The summed E-state index contributed by atoms with van der Waals surface area (Å²) in [5.74, 6) is 2.37. The van der Waals surface area contributed by atoms with Gasteiger partial charge in [0.25, 0.3) is 0 Å². The zero-order valence-corrected chi connectivity index (χ0v) is 9.80. The summed E-state index contributed by atoms with van der Waals surface area (Å²) in [4.78, 5) is 8.32. The Bertz CT molecular complexity index is 540. The molecule has 0 radical (unpaired) electrons. The predicted octanol–water partition coefficient (Wildman–Crippen LogP) is 0.447. The van der Waals surface area contributed by atoms with Gasteiger partial charge in [0.15, 0.2) is 17.5 Å². The summed E-state index contributed by atoms with van der Waals surface area (Å²) in [7, 11) is 0. The molecule has 0 saturated heterocycles. The second-order valence-electron chi connectivity index (χ2n) is 3.94. The minimum atomic E-state index is -0.192. The Kier molecular flexibility index (Phi) is 2.44. The zero-order valence-electron chi connectivity index (χ0n) is 9.80. The van der Waals surface area contributed by atoms with Crippen molar-refractivity contribution in [2.24, 2.45) is 15.7 Å². The third-order valence-electron chi connectivity index (χ3n) is 2.52. The number of nitrogens with two attached hydrogens (primary N) is 1. The van der Waals surface area contributed by atoms with Gasteiger partial charge in [0.05, 0.1) is 0 Å². The van der Waals surface area contributed by atoms with Gasteiger partial charge in [-0.25, -0.2) is 9.98 Å². The number of benzene rings is 1. The Morgan fingerprint density at radius 2 is 2.17 bits per heavy atom. The second-order valence-corrected chi connectivity index (χ2v) is 3.94. The van der Waals surface area contributed by atoms with E-state index in [0.717, 1.165) is 11.4 Å². The number of aliphatic imine (C=N–C) groups is 2. The minimum Gasteiger partial charge on any atom is -0.454 e. The van der Waals surface area contributed by atoms with Crippen molar-refractivity contribution < 1.29 is 9.47 Å². The molecule has 3 rings (SSSR count). The number of nitrogens with zero attached hydrogens (tertiary/aromatic N) is 2. The predicted molar refractivity (Wildman–Crippen MR) is 67.8 cm³/mol. The van der Waals surface area contributed by atoms with Crippen LogP contribution in [0.5, 0.6) is 11.5 Å². The first-order valence-electron chi connectivity index (χ1n) is 5.55. The van der Waals surface area contributed by atoms with Crippen LogP contribution in [0.2, 0.25) is 0 Å². The summed E-state index contributed by atoms with van der Waals surface area (Å²) >= 11 is 0. The molecule has 0 aromatic heterocycles. The lowest BCUT2D eigenvalue weighted by Gasteiger charge is -2.17. The van der Waals surface area contributed by atoms with Crippen molar-refractivity contribution in [3.05, 3.63) is 18.2 Å². The van der Waals surface area contributed by atoms with Crippen LogP contribution < -0.4 is 25.8 Å². The first-order chi connectivity index (χ1) is 8.70. The number of rotatable bonds is 1. The van der Waals surface area contributed by atoms with Crippen molar-refractivity contribution in [3.63, 3.8) is 0 Å². The fraction of sp³-hybridized carbons (Fsp3) is 0.273. The van der Waals surface area contributed by atoms with E-state index < -0.39 is 0 Å². The molecule has 18 heavy (non-hydrogen) atoms. The van der Waals surface area contributed by atoms with Crippen LogP contribution in [0.4, 0.5) is 5.69 Å². The molecule has 0 aliphatic carbocycles. The number of guanidine groups is 2. The smallest absolute Gasteiger partial charge is 0.231 e. The molecule has 4 N–H and O–H groups in total. The average Bonchev–Trinajstić information content (AvgIpc) is 2.74. The van der Waals surface area contributed by atoms with E-state index in [4.69, 9.17) is 15.2 Å². The van der Waals surface area contributed by atoms with E-state index in [1.807, 2.05) is 25.1 Å². The van der Waals surface area contributed by atoms with Crippen LogP contribution in [0.15, 0.2) is 28.2 Å². The minimum absolute atomic E-state index is 0.192. The highest BCUT2D eigenvalue weighted by Crippen LogP contribution is 2.34. The monoisotopic (exact) mass is 247 g/mol. The lowest BCUT2D eigenvalue weighted by atomic mass is 10.3. The van der Waals surface area contributed by atoms with Gasteiger partial charge in [0, 0.05) is 11.8 Å². The van der Waals surface area contributed by atoms with E-state index >= 15 is 0 Å². The second kappa shape index (κ2) is 4.10. The Hall–Kier alpha value is -2.44. The van der Waals surface area contributed by atoms with Crippen molar-refractivity contribution >= 4 is 17.6 Å². The molecule has 1 aromatic rings. The highest BCUT2D eigenvalue weighted by molar-refractivity contribution is 6.05. The summed E-state index contributed by atoms with van der Waals surface area (Å²) in [6.07, 6.45) is -0.192. The van der Waals surface area contributed by atoms with E-state index in [1.165, 1.54) is 0 Å². The molecule has 2 heterocycles. The summed E-state index contributed by atoms with van der Waals surface area (Å²) in [6, 6.07) is 5.57. The van der Waals surface area contributed by atoms with Gasteiger partial charge >= 0.3 is 0 Å². The molecule has 1 unspecified atom stereocenters. The van der Waals surface area contributed by atoms with Crippen LogP contribution >= 0.6 is 0 Å². The van der Waals surface area contributed by atoms with Crippen LogP contribution in [0.25, 0.3) is 0 Å². The molecule has 1 aromatic carbocycles. The van der Waals surface area contributed by atoms with Crippen LogP contribution in [-0.4, -0.2) is 24.9 Å². The van der Waals surface area contributed by atoms with Gasteiger partial charge in [-0.1, -0.05) is 0 Å². The van der Waals surface area contributed by atoms with Gasteiger partial charge in [-0.15, -0.1) is 0 Å². The molecular weight excluding hydrogens is 234 g/mol. The molecule has 0 saturated carbocycles. The van der Waals surface area contributed by atoms with E-state index in [0.29, 0.717) is 17.7 Å². The molecule has 0 amide bonds. The SMILES string of the molecule is CC1N=C(N)NC(Nc2ccc3c(c2)OCO3)=N1. The van der Waals surface area contributed by atoms with E-state index in [2.05, 4.69) is 20.6 Å². The molecule has 0 spiro atoms. The van der Waals surface area contributed by atoms with Gasteiger partial charge in [-0.3, -0.25) is 5.32 Å². The third kappa shape index (κ3) is 2.02. The van der Waals surface area contributed by atoms with Gasteiger partial charge < -0.3 is 20.5 Å². The third-order valence-corrected chi connectivity index (χ3v) is 2.52. The molecule has 7 heteroatoms. The summed E-state index contributed by atoms with van der Waals surface area (Å²) in [5.41, 5.74) is 6.47. The van der Waals surface area contributed by atoms with Gasteiger partial charge in [0.2, 0.25) is 12.8 Å². The Labute approximate surface area is 104 Å². The molecular formula is C11H13N5O2. The zero-order chi connectivity index (χ0) is 12.5. The lowest BCUT2D eigenvalue weighted by molar-refractivity contribution is 0.174. The molecule has 2 aliphatic rings. The lowest BCUT2D eigenvalue weighted by Crippen LogP contribution is -2.44. The maximum atomic E-state index is 5.63. The summed E-state index contributed by atoms with van der Waals surface area (Å²) < 4.78 is 10.5. The Morgan fingerprint density at radius 3 is 3.00 bits per heavy atom. The normalized spacial score (nSPS) is 20.8. The van der Waals surface area contributed by atoms with Crippen molar-refractivity contribution in [1.29, 1.82) is 0 Å². The van der Waals surface area contributed by atoms with Crippen LogP contribution in [0.3, 0.4) is 0 Å². The van der Waals surface area contributed by atoms with Gasteiger partial charge in [-0.05, 0) is 19.1 Å². The maximum Gasteiger partial charge on any atom is 0.231 e. The van der Waals surface area contributed by atoms with Crippen molar-refractivity contribution in [2.75, 3.05) is 12.1 Å². The molecule has 0 bridgehead atoms. The van der Waals surface area contributed by atoms with Crippen LogP contribution in [0.1, 0.15) is 6.92 Å².